The highest BCUT2D eigenvalue weighted by molar-refractivity contribution is 7.99. The summed E-state index contributed by atoms with van der Waals surface area (Å²) in [5, 5.41) is 5.26. The fourth-order valence-corrected chi connectivity index (χ4v) is 4.76. The first-order valence-electron chi connectivity index (χ1n) is 11.0. The Morgan fingerprint density at radius 1 is 1.06 bits per heavy atom. The fourth-order valence-electron chi connectivity index (χ4n) is 4.18. The lowest BCUT2D eigenvalue weighted by molar-refractivity contribution is -0.763. The van der Waals surface area contributed by atoms with E-state index < -0.39 is 6.17 Å². The number of aromatic amines is 1. The van der Waals surface area contributed by atoms with E-state index in [1.54, 1.807) is 9.58 Å². The lowest BCUT2D eigenvalue weighted by atomic mass is 10.0. The highest BCUT2D eigenvalue weighted by atomic mass is 32.2. The number of fused-ring (bicyclic) bond motifs is 3. The van der Waals surface area contributed by atoms with E-state index >= 15 is 0 Å². The van der Waals surface area contributed by atoms with Gasteiger partial charge < -0.3 is 4.74 Å². The van der Waals surface area contributed by atoms with Crippen molar-refractivity contribution < 1.29 is 14.2 Å². The molecule has 0 aliphatic carbocycles. The maximum Gasteiger partial charge on any atom is 0.325 e. The second-order valence-electron chi connectivity index (χ2n) is 7.75. The summed E-state index contributed by atoms with van der Waals surface area (Å²) in [6, 6.07) is 24.4. The van der Waals surface area contributed by atoms with Crippen LogP contribution in [-0.2, 0) is 4.79 Å². The number of benzene rings is 3. The highest BCUT2D eigenvalue weighted by Crippen LogP contribution is 2.38. The predicted octanol–water partition coefficient (Wildman–Crippen LogP) is 4.54. The van der Waals surface area contributed by atoms with Gasteiger partial charge in [0, 0.05) is 17.6 Å². The Morgan fingerprint density at radius 2 is 1.79 bits per heavy atom. The van der Waals surface area contributed by atoms with Crippen LogP contribution in [0.3, 0.4) is 0 Å². The van der Waals surface area contributed by atoms with E-state index in [0.29, 0.717) is 33.6 Å². The molecule has 2 heterocycles. The second kappa shape index (κ2) is 9.15. The monoisotopic (exact) mass is 471 g/mol. The van der Waals surface area contributed by atoms with E-state index in [0.717, 1.165) is 11.3 Å². The first-order valence-corrected chi connectivity index (χ1v) is 12.0. The predicted molar refractivity (Wildman–Crippen MR) is 131 cm³/mol. The number of ether oxygens (including phenoxy) is 1. The topological polar surface area (TPSA) is 79.2 Å². The molecule has 170 valence electrons. The van der Waals surface area contributed by atoms with Crippen molar-refractivity contribution in [2.45, 2.75) is 25.2 Å². The molecule has 3 aromatic carbocycles. The van der Waals surface area contributed by atoms with Gasteiger partial charge in [0.25, 0.3) is 6.17 Å². The number of anilines is 1. The third kappa shape index (κ3) is 3.97. The van der Waals surface area contributed by atoms with Gasteiger partial charge >= 0.3 is 11.3 Å². The van der Waals surface area contributed by atoms with E-state index in [-0.39, 0.29) is 11.5 Å². The molecular formula is C26H23N4O3S+. The molecule has 0 spiro atoms. The second-order valence-corrected chi connectivity index (χ2v) is 9.01. The Bertz CT molecular complexity index is 1420. The van der Waals surface area contributed by atoms with E-state index in [4.69, 9.17) is 9.84 Å². The zero-order chi connectivity index (χ0) is 23.7. The lowest BCUT2D eigenvalue weighted by Crippen LogP contribution is -2.60. The average Bonchev–Trinajstić information content (AvgIpc) is 2.84. The minimum atomic E-state index is -0.653. The molecule has 5 rings (SSSR count). The van der Waals surface area contributed by atoms with Crippen LogP contribution in [0, 0.1) is 0 Å². The summed E-state index contributed by atoms with van der Waals surface area (Å²) in [6.45, 7) is 3.52. The molecule has 1 N–H and O–H groups in total. The van der Waals surface area contributed by atoms with Crippen LogP contribution in [0.25, 0.3) is 11.3 Å². The lowest BCUT2D eigenvalue weighted by Gasteiger charge is -2.31. The number of H-pyrrole nitrogens is 1. The van der Waals surface area contributed by atoms with Crippen molar-refractivity contribution in [1.29, 1.82) is 0 Å². The van der Waals surface area contributed by atoms with Crippen LogP contribution in [-0.4, -0.2) is 21.7 Å². The van der Waals surface area contributed by atoms with E-state index in [9.17, 15) is 9.59 Å². The Balaban J connectivity index is 1.71. The standard InChI is InChI=1S/C26H22N4O3S/c1-3-34-26-27-24(32)23-21-14-7-8-15-22(21)29(17(2)31)25(30(23)28-26)18-10-9-13-20(16-18)33-19-11-5-4-6-12-19/h4-16,25H,3H2,1-2H3/p+1/t25-/m0/s1. The van der Waals surface area contributed by atoms with Crippen LogP contribution < -0.4 is 19.9 Å². The molecule has 8 heteroatoms. The molecule has 4 aromatic rings. The molecule has 1 amide bonds. The Morgan fingerprint density at radius 3 is 2.56 bits per heavy atom. The van der Waals surface area contributed by atoms with Crippen molar-refractivity contribution in [2.75, 3.05) is 10.7 Å². The van der Waals surface area contributed by atoms with Crippen molar-refractivity contribution in [1.82, 2.24) is 10.1 Å². The van der Waals surface area contributed by atoms with Gasteiger partial charge in [0.2, 0.25) is 11.1 Å². The number of nitrogens with zero attached hydrogens (tertiary/aromatic N) is 3. The van der Waals surface area contributed by atoms with Gasteiger partial charge in [0.15, 0.2) is 0 Å². The summed E-state index contributed by atoms with van der Waals surface area (Å²) in [7, 11) is 0. The Labute approximate surface area is 201 Å². The smallest absolute Gasteiger partial charge is 0.325 e. The summed E-state index contributed by atoms with van der Waals surface area (Å²) in [6.07, 6.45) is -0.653. The number of aromatic nitrogens is 3. The number of carbonyl (C=O) groups is 1. The summed E-state index contributed by atoms with van der Waals surface area (Å²) in [5.41, 5.74) is 2.26. The number of nitrogens with one attached hydrogen (secondary N) is 1. The Kier molecular flexibility index (Phi) is 5.90. The summed E-state index contributed by atoms with van der Waals surface area (Å²) < 4.78 is 7.70. The van der Waals surface area contributed by atoms with Gasteiger partial charge in [-0.2, -0.15) is 0 Å². The molecule has 0 radical (unpaired) electrons. The maximum absolute atomic E-state index is 13.2. The molecule has 0 saturated heterocycles. The van der Waals surface area contributed by atoms with E-state index in [2.05, 4.69) is 4.98 Å². The summed E-state index contributed by atoms with van der Waals surface area (Å²) in [5.74, 6) is 1.93. The van der Waals surface area contributed by atoms with Crippen molar-refractivity contribution in [3.63, 3.8) is 0 Å². The first kappa shape index (κ1) is 21.9. The molecule has 1 aromatic heterocycles. The number of para-hydroxylation sites is 2. The van der Waals surface area contributed by atoms with Gasteiger partial charge in [-0.15, -0.1) is 0 Å². The minimum Gasteiger partial charge on any atom is -0.457 e. The van der Waals surface area contributed by atoms with Crippen molar-refractivity contribution >= 4 is 23.4 Å². The van der Waals surface area contributed by atoms with Crippen molar-refractivity contribution in [3.8, 4) is 22.8 Å². The molecular weight excluding hydrogens is 448 g/mol. The molecule has 0 fully saturated rings. The van der Waals surface area contributed by atoms with Crippen LogP contribution in [0.4, 0.5) is 5.69 Å². The van der Waals surface area contributed by atoms with Gasteiger partial charge in [-0.3, -0.25) is 14.6 Å². The van der Waals surface area contributed by atoms with Gasteiger partial charge in [-0.25, -0.2) is 4.90 Å². The molecule has 0 saturated carbocycles. The number of amides is 1. The van der Waals surface area contributed by atoms with Crippen LogP contribution >= 0.6 is 11.8 Å². The average molecular weight is 472 g/mol. The van der Waals surface area contributed by atoms with Gasteiger partial charge in [-0.1, -0.05) is 55.1 Å². The molecule has 0 bridgehead atoms. The fraction of sp³-hybridized carbons (Fsp3) is 0.154. The summed E-state index contributed by atoms with van der Waals surface area (Å²) in [4.78, 5) is 30.8. The number of carbonyl (C=O) groups excluding carboxylic acids is 1. The van der Waals surface area contributed by atoms with Crippen molar-refractivity contribution in [2.24, 2.45) is 0 Å². The number of hydrogen-bond donors (Lipinski definition) is 1. The molecule has 7 nitrogen and oxygen atoms in total. The molecule has 1 atom stereocenters. The zero-order valence-corrected chi connectivity index (χ0v) is 19.6. The third-order valence-corrected chi connectivity index (χ3v) is 6.26. The normalized spacial score (nSPS) is 14.3. The SMILES string of the molecule is CCSc1n[n+]2c(c(=O)[nH]1)-c1ccccc1N(C(C)=O)[C@@H]2c1cccc(Oc2ccccc2)c1. The molecule has 1 aliphatic heterocycles. The van der Waals surface area contributed by atoms with E-state index in [1.165, 1.54) is 18.7 Å². The number of hydrogen-bond acceptors (Lipinski definition) is 5. The molecule has 34 heavy (non-hydrogen) atoms. The van der Waals surface area contributed by atoms with E-state index in [1.807, 2.05) is 85.8 Å². The number of rotatable bonds is 5. The van der Waals surface area contributed by atoms with Gasteiger partial charge in [0.1, 0.15) is 11.5 Å². The largest absolute Gasteiger partial charge is 0.457 e. The van der Waals surface area contributed by atoms with Gasteiger partial charge in [-0.05, 0) is 52.9 Å². The van der Waals surface area contributed by atoms with Crippen LogP contribution in [0.1, 0.15) is 25.6 Å². The summed E-state index contributed by atoms with van der Waals surface area (Å²) >= 11 is 1.44. The highest BCUT2D eigenvalue weighted by Gasteiger charge is 2.44. The number of thioether (sulfide) groups is 1. The molecule has 0 unspecified atom stereocenters. The van der Waals surface area contributed by atoms with Crippen molar-refractivity contribution in [3.05, 3.63) is 94.8 Å². The van der Waals surface area contributed by atoms with Crippen LogP contribution in [0.15, 0.2) is 88.8 Å². The van der Waals surface area contributed by atoms with Crippen LogP contribution in [0.2, 0.25) is 0 Å². The quantitative estimate of drug-likeness (QED) is 0.341. The Hall–Kier alpha value is -3.91. The minimum absolute atomic E-state index is 0.156. The van der Waals surface area contributed by atoms with Crippen LogP contribution in [0.5, 0.6) is 11.5 Å². The van der Waals surface area contributed by atoms with Gasteiger partial charge in [0.05, 0.1) is 11.3 Å². The first-order chi connectivity index (χ1) is 16.6. The maximum atomic E-state index is 13.2. The third-order valence-electron chi connectivity index (χ3n) is 5.51. The molecule has 1 aliphatic rings. The zero-order valence-electron chi connectivity index (χ0n) is 18.8.